The first-order valence-corrected chi connectivity index (χ1v) is 12.7. The van der Waals surface area contributed by atoms with Crippen LogP contribution in [0, 0.1) is 0 Å². The van der Waals surface area contributed by atoms with Gasteiger partial charge in [-0.15, -0.1) is 0 Å². The monoisotopic (exact) mass is 532 g/mol. The number of ether oxygens (including phenoxy) is 2. The first-order valence-electron chi connectivity index (χ1n) is 12.7. The third kappa shape index (κ3) is 11.2. The van der Waals surface area contributed by atoms with Gasteiger partial charge in [-0.2, -0.15) is 0 Å². The molecule has 0 radical (unpaired) electrons. The third-order valence-electron chi connectivity index (χ3n) is 4.77. The van der Waals surface area contributed by atoms with Crippen molar-refractivity contribution in [3.8, 4) is 0 Å². The van der Waals surface area contributed by atoms with Crippen molar-refractivity contribution >= 4 is 23.7 Å². The number of pyridine rings is 1. The SMILES string of the molecule is CC.CC(C(=O)OC(C)(C)C)n1cccc(C(=O)O)c1=O.CCc1ccccc1N(C)C(=O)OC(C)(C)C. The Morgan fingerprint density at radius 1 is 0.947 bits per heavy atom. The average molecular weight is 533 g/mol. The van der Waals surface area contributed by atoms with Gasteiger partial charge < -0.3 is 19.1 Å². The predicted octanol–water partition coefficient (Wildman–Crippen LogP) is 6.10. The summed E-state index contributed by atoms with van der Waals surface area (Å²) < 4.78 is 11.6. The molecular formula is C29H44N2O7. The van der Waals surface area contributed by atoms with Crippen molar-refractivity contribution < 1.29 is 29.0 Å². The van der Waals surface area contributed by atoms with Gasteiger partial charge in [-0.1, -0.05) is 39.0 Å². The number of carboxylic acids is 1. The molecule has 1 heterocycles. The Morgan fingerprint density at radius 3 is 1.95 bits per heavy atom. The summed E-state index contributed by atoms with van der Waals surface area (Å²) in [4.78, 5) is 48.1. The van der Waals surface area contributed by atoms with Gasteiger partial charge in [0.05, 0.1) is 0 Å². The Labute approximate surface area is 226 Å². The van der Waals surface area contributed by atoms with Crippen LogP contribution < -0.4 is 10.5 Å². The van der Waals surface area contributed by atoms with Gasteiger partial charge in [0.1, 0.15) is 22.8 Å². The van der Waals surface area contributed by atoms with Crippen LogP contribution in [-0.2, 0) is 20.7 Å². The third-order valence-corrected chi connectivity index (χ3v) is 4.77. The molecule has 0 spiro atoms. The summed E-state index contributed by atoms with van der Waals surface area (Å²) in [5.74, 6) is -1.91. The first-order chi connectivity index (χ1) is 17.5. The van der Waals surface area contributed by atoms with Gasteiger partial charge in [0.15, 0.2) is 0 Å². The Morgan fingerprint density at radius 2 is 1.47 bits per heavy atom. The van der Waals surface area contributed by atoms with Crippen LogP contribution in [0.3, 0.4) is 0 Å². The molecule has 2 aromatic rings. The topological polar surface area (TPSA) is 115 Å². The summed E-state index contributed by atoms with van der Waals surface area (Å²) in [5.41, 5.74) is -0.192. The number of rotatable bonds is 5. The number of carboxylic acid groups (broad SMARTS) is 1. The number of nitrogens with zero attached hydrogens (tertiary/aromatic N) is 2. The molecule has 9 heteroatoms. The molecule has 1 aromatic heterocycles. The van der Waals surface area contributed by atoms with E-state index in [0.717, 1.165) is 22.2 Å². The van der Waals surface area contributed by atoms with Crippen molar-refractivity contribution in [2.24, 2.45) is 0 Å². The minimum atomic E-state index is -1.32. The standard InChI is InChI=1S/C14H21NO2.C13H17NO5.C2H6/c1-6-11-9-7-8-10-12(11)15(5)13(16)17-14(2,3)4;1-8(12(18)19-13(2,3)4)14-7-5-6-9(10(14)15)11(16)17;1-2/h7-10H,6H2,1-5H3;5-8H,1-4H3,(H,16,17);1-2H3. The molecule has 0 saturated carbocycles. The summed E-state index contributed by atoms with van der Waals surface area (Å²) >= 11 is 0. The summed E-state index contributed by atoms with van der Waals surface area (Å²) in [6.07, 6.45) is 1.94. The van der Waals surface area contributed by atoms with E-state index in [4.69, 9.17) is 14.6 Å². The Bertz CT molecular complexity index is 1120. The Hall–Kier alpha value is -3.62. The number of para-hydroxylation sites is 1. The smallest absolute Gasteiger partial charge is 0.414 e. The van der Waals surface area contributed by atoms with Crippen LogP contribution in [0.15, 0.2) is 47.4 Å². The number of esters is 1. The number of hydrogen-bond acceptors (Lipinski definition) is 6. The van der Waals surface area contributed by atoms with Crippen LogP contribution in [0.2, 0.25) is 0 Å². The molecule has 0 aliphatic carbocycles. The predicted molar refractivity (Wildman–Crippen MR) is 150 cm³/mol. The Kier molecular flexibility index (Phi) is 13.5. The molecule has 0 aliphatic rings. The minimum Gasteiger partial charge on any atom is -0.477 e. The zero-order valence-corrected chi connectivity index (χ0v) is 24.6. The van der Waals surface area contributed by atoms with Gasteiger partial charge in [-0.3, -0.25) is 9.69 Å². The van der Waals surface area contributed by atoms with E-state index in [1.807, 2.05) is 58.9 Å². The van der Waals surface area contributed by atoms with E-state index in [-0.39, 0.29) is 11.7 Å². The van der Waals surface area contributed by atoms with Gasteiger partial charge in [0.25, 0.3) is 5.56 Å². The highest BCUT2D eigenvalue weighted by Crippen LogP contribution is 2.21. The second kappa shape index (κ2) is 15.0. The van der Waals surface area contributed by atoms with Crippen LogP contribution in [0.4, 0.5) is 10.5 Å². The van der Waals surface area contributed by atoms with E-state index < -0.39 is 34.7 Å². The fourth-order valence-corrected chi connectivity index (χ4v) is 3.04. The van der Waals surface area contributed by atoms with Crippen molar-refractivity contribution in [1.29, 1.82) is 0 Å². The van der Waals surface area contributed by atoms with Crippen LogP contribution >= 0.6 is 0 Å². The second-order valence-corrected chi connectivity index (χ2v) is 10.2. The van der Waals surface area contributed by atoms with Gasteiger partial charge in [0, 0.05) is 18.9 Å². The number of carbonyl (C=O) groups excluding carboxylic acids is 2. The molecule has 1 unspecified atom stereocenters. The van der Waals surface area contributed by atoms with Gasteiger partial charge in [-0.05, 0) is 78.6 Å². The highest BCUT2D eigenvalue weighted by molar-refractivity contribution is 5.88. The molecule has 0 fully saturated rings. The quantitative estimate of drug-likeness (QED) is 0.463. The Balaban J connectivity index is 0.000000680. The second-order valence-electron chi connectivity index (χ2n) is 10.2. The molecule has 0 bridgehead atoms. The van der Waals surface area contributed by atoms with Crippen molar-refractivity contribution in [2.75, 3.05) is 11.9 Å². The highest BCUT2D eigenvalue weighted by Gasteiger charge is 2.25. The number of carbonyl (C=O) groups is 3. The first kappa shape index (κ1) is 34.4. The number of aryl methyl sites for hydroxylation is 1. The molecule has 1 aromatic carbocycles. The number of aromatic nitrogens is 1. The van der Waals surface area contributed by atoms with Gasteiger partial charge >= 0.3 is 18.0 Å². The van der Waals surface area contributed by atoms with Crippen molar-refractivity contribution in [3.05, 3.63) is 64.1 Å². The number of amides is 1. The lowest BCUT2D eigenvalue weighted by atomic mass is 10.1. The largest absolute Gasteiger partial charge is 0.477 e. The van der Waals surface area contributed by atoms with Crippen LogP contribution in [0.25, 0.3) is 0 Å². The molecule has 1 amide bonds. The molecule has 212 valence electrons. The molecule has 2 rings (SSSR count). The molecule has 9 nitrogen and oxygen atoms in total. The lowest BCUT2D eigenvalue weighted by Gasteiger charge is -2.25. The maximum Gasteiger partial charge on any atom is 0.414 e. The molecule has 0 aliphatic heterocycles. The zero-order chi connectivity index (χ0) is 29.8. The van der Waals surface area contributed by atoms with E-state index in [9.17, 15) is 19.2 Å². The summed E-state index contributed by atoms with van der Waals surface area (Å²) in [5, 5.41) is 8.87. The number of benzene rings is 1. The van der Waals surface area contributed by atoms with Gasteiger partial charge in [-0.25, -0.2) is 14.4 Å². The molecule has 1 N–H and O–H groups in total. The summed E-state index contributed by atoms with van der Waals surface area (Å²) in [6.45, 7) is 18.3. The fourth-order valence-electron chi connectivity index (χ4n) is 3.04. The maximum atomic E-state index is 11.9. The lowest BCUT2D eigenvalue weighted by molar-refractivity contribution is -0.158. The normalized spacial score (nSPS) is 11.6. The summed E-state index contributed by atoms with van der Waals surface area (Å²) in [6, 6.07) is 9.58. The minimum absolute atomic E-state index is 0.321. The number of aromatic carboxylic acids is 1. The van der Waals surface area contributed by atoms with Crippen LogP contribution in [0.5, 0.6) is 0 Å². The van der Waals surface area contributed by atoms with Gasteiger partial charge in [0.2, 0.25) is 0 Å². The van der Waals surface area contributed by atoms with E-state index in [1.54, 1.807) is 32.7 Å². The van der Waals surface area contributed by atoms with E-state index in [1.165, 1.54) is 25.3 Å². The maximum absolute atomic E-state index is 11.9. The number of anilines is 1. The molecular weight excluding hydrogens is 488 g/mol. The van der Waals surface area contributed by atoms with E-state index >= 15 is 0 Å². The lowest BCUT2D eigenvalue weighted by Crippen LogP contribution is -2.35. The number of hydrogen-bond donors (Lipinski definition) is 1. The van der Waals surface area contributed by atoms with Crippen molar-refractivity contribution in [2.45, 2.75) is 92.9 Å². The van der Waals surface area contributed by atoms with E-state index in [2.05, 4.69) is 6.92 Å². The van der Waals surface area contributed by atoms with Crippen LogP contribution in [0.1, 0.15) is 91.2 Å². The van der Waals surface area contributed by atoms with Crippen molar-refractivity contribution in [1.82, 2.24) is 4.57 Å². The highest BCUT2D eigenvalue weighted by atomic mass is 16.6. The molecule has 1 atom stereocenters. The molecule has 0 saturated heterocycles. The summed E-state index contributed by atoms with van der Waals surface area (Å²) in [7, 11) is 1.74. The van der Waals surface area contributed by atoms with Crippen molar-refractivity contribution in [3.63, 3.8) is 0 Å². The van der Waals surface area contributed by atoms with E-state index in [0.29, 0.717) is 0 Å². The van der Waals surface area contributed by atoms with Crippen LogP contribution in [-0.4, -0.2) is 46.0 Å². The zero-order valence-electron chi connectivity index (χ0n) is 24.6. The fraction of sp³-hybridized carbons (Fsp3) is 0.517. The average Bonchev–Trinajstić information content (AvgIpc) is 2.82. The molecule has 38 heavy (non-hydrogen) atoms.